The van der Waals surface area contributed by atoms with Crippen LogP contribution in [0.25, 0.3) is 0 Å². The fourth-order valence-electron chi connectivity index (χ4n) is 3.60. The third-order valence-electron chi connectivity index (χ3n) is 4.64. The van der Waals surface area contributed by atoms with E-state index in [-0.39, 0.29) is 0 Å². The number of rotatable bonds is 7. The van der Waals surface area contributed by atoms with Crippen LogP contribution in [0.4, 0.5) is 0 Å². The molecule has 0 radical (unpaired) electrons. The first-order valence-electron chi connectivity index (χ1n) is 8.51. The molecule has 1 aliphatic heterocycles. The van der Waals surface area contributed by atoms with Gasteiger partial charge < -0.3 is 10.1 Å². The largest absolute Gasteiger partial charge is 0.378 e. The van der Waals surface area contributed by atoms with Crippen LogP contribution in [0.3, 0.4) is 0 Å². The Kier molecular flexibility index (Phi) is 6.25. The molecule has 1 N–H and O–H groups in total. The summed E-state index contributed by atoms with van der Waals surface area (Å²) >= 11 is 0. The van der Waals surface area contributed by atoms with E-state index in [0.717, 1.165) is 19.6 Å². The van der Waals surface area contributed by atoms with Crippen molar-refractivity contribution < 1.29 is 4.74 Å². The molecule has 0 aromatic heterocycles. The molecule has 0 aliphatic carbocycles. The lowest BCUT2D eigenvalue weighted by molar-refractivity contribution is 0.0996. The monoisotopic (exact) mass is 289 g/mol. The van der Waals surface area contributed by atoms with E-state index in [0.29, 0.717) is 12.1 Å². The van der Waals surface area contributed by atoms with E-state index in [1.165, 1.54) is 47.9 Å². The van der Waals surface area contributed by atoms with Crippen LogP contribution in [0.5, 0.6) is 0 Å². The highest BCUT2D eigenvalue weighted by Gasteiger charge is 2.18. The average Bonchev–Trinajstić information content (AvgIpc) is 2.93. The molecule has 1 aromatic carbocycles. The van der Waals surface area contributed by atoms with E-state index in [2.05, 4.69) is 45.1 Å². The van der Waals surface area contributed by atoms with Gasteiger partial charge in [0, 0.05) is 12.6 Å². The molecule has 1 aromatic rings. The molecule has 0 spiro atoms. The van der Waals surface area contributed by atoms with E-state index < -0.39 is 0 Å². The van der Waals surface area contributed by atoms with Gasteiger partial charge >= 0.3 is 0 Å². The first kappa shape index (κ1) is 16.5. The molecule has 2 atom stereocenters. The van der Waals surface area contributed by atoms with Crippen LogP contribution in [-0.2, 0) is 11.2 Å². The Morgan fingerprint density at radius 3 is 2.52 bits per heavy atom. The molecule has 2 rings (SSSR count). The van der Waals surface area contributed by atoms with Gasteiger partial charge in [-0.25, -0.2) is 0 Å². The van der Waals surface area contributed by atoms with Gasteiger partial charge in [0.2, 0.25) is 0 Å². The van der Waals surface area contributed by atoms with Crippen molar-refractivity contribution >= 4 is 0 Å². The van der Waals surface area contributed by atoms with E-state index in [1.807, 2.05) is 0 Å². The minimum absolute atomic E-state index is 0.506. The second kappa shape index (κ2) is 7.95. The number of hydrogen-bond acceptors (Lipinski definition) is 2. The number of hydrogen-bond donors (Lipinski definition) is 1. The number of likely N-dealkylation sites (N-methyl/N-ethyl adjacent to an activating group) is 1. The molecule has 0 bridgehead atoms. The van der Waals surface area contributed by atoms with Gasteiger partial charge in [0.25, 0.3) is 0 Å². The Bertz CT molecular complexity index is 426. The predicted molar refractivity (Wildman–Crippen MR) is 90.0 cm³/mol. The van der Waals surface area contributed by atoms with Crippen molar-refractivity contribution in [2.75, 3.05) is 13.2 Å². The van der Waals surface area contributed by atoms with Crippen LogP contribution in [0.15, 0.2) is 12.1 Å². The molecule has 1 heterocycles. The van der Waals surface area contributed by atoms with E-state index >= 15 is 0 Å². The SMILES string of the molecule is CCNC(CCC1CCCO1)Cc1c(C)cc(C)cc1C. The van der Waals surface area contributed by atoms with Crippen molar-refractivity contribution in [3.05, 3.63) is 34.4 Å². The topological polar surface area (TPSA) is 21.3 Å². The maximum absolute atomic E-state index is 5.77. The highest BCUT2D eigenvalue weighted by Crippen LogP contribution is 2.22. The van der Waals surface area contributed by atoms with Gasteiger partial charge in [-0.15, -0.1) is 0 Å². The lowest BCUT2D eigenvalue weighted by Gasteiger charge is -2.22. The second-order valence-corrected chi connectivity index (χ2v) is 6.55. The lowest BCUT2D eigenvalue weighted by atomic mass is 9.92. The zero-order valence-electron chi connectivity index (χ0n) is 14.2. The van der Waals surface area contributed by atoms with Crippen molar-refractivity contribution in [2.45, 2.75) is 71.9 Å². The van der Waals surface area contributed by atoms with Gasteiger partial charge in [0.1, 0.15) is 0 Å². The lowest BCUT2D eigenvalue weighted by Crippen LogP contribution is -2.32. The summed E-state index contributed by atoms with van der Waals surface area (Å²) in [6.45, 7) is 10.9. The van der Waals surface area contributed by atoms with E-state index in [1.54, 1.807) is 0 Å². The van der Waals surface area contributed by atoms with Crippen LogP contribution >= 0.6 is 0 Å². The van der Waals surface area contributed by atoms with Crippen LogP contribution in [0.2, 0.25) is 0 Å². The fraction of sp³-hybridized carbons (Fsp3) is 0.684. The Hall–Kier alpha value is -0.860. The summed E-state index contributed by atoms with van der Waals surface area (Å²) in [4.78, 5) is 0. The molecular weight excluding hydrogens is 258 g/mol. The van der Waals surface area contributed by atoms with Crippen LogP contribution in [0, 0.1) is 20.8 Å². The van der Waals surface area contributed by atoms with Crippen molar-refractivity contribution in [3.63, 3.8) is 0 Å². The third kappa shape index (κ3) is 4.82. The van der Waals surface area contributed by atoms with Crippen LogP contribution in [0.1, 0.15) is 54.9 Å². The molecule has 1 fully saturated rings. The maximum atomic E-state index is 5.77. The number of benzene rings is 1. The summed E-state index contributed by atoms with van der Waals surface area (Å²) in [5, 5.41) is 3.67. The Labute approximate surface area is 130 Å². The third-order valence-corrected chi connectivity index (χ3v) is 4.64. The minimum atomic E-state index is 0.506. The summed E-state index contributed by atoms with van der Waals surface area (Å²) in [7, 11) is 0. The molecule has 21 heavy (non-hydrogen) atoms. The van der Waals surface area contributed by atoms with Gasteiger partial charge in [-0.2, -0.15) is 0 Å². The first-order valence-corrected chi connectivity index (χ1v) is 8.51. The quantitative estimate of drug-likeness (QED) is 0.816. The molecular formula is C19H31NO. The van der Waals surface area contributed by atoms with Gasteiger partial charge in [-0.3, -0.25) is 0 Å². The zero-order chi connectivity index (χ0) is 15.2. The van der Waals surface area contributed by atoms with Crippen molar-refractivity contribution in [1.82, 2.24) is 5.32 Å². The number of nitrogens with one attached hydrogen (secondary N) is 1. The minimum Gasteiger partial charge on any atom is -0.378 e. The summed E-state index contributed by atoms with van der Waals surface area (Å²) in [5.74, 6) is 0. The standard InChI is InChI=1S/C19H31NO/c1-5-20-17(8-9-18-7-6-10-21-18)13-19-15(3)11-14(2)12-16(19)4/h11-12,17-18,20H,5-10,13H2,1-4H3. The molecule has 2 heteroatoms. The highest BCUT2D eigenvalue weighted by molar-refractivity contribution is 5.38. The summed E-state index contributed by atoms with van der Waals surface area (Å²) in [6, 6.07) is 5.19. The Morgan fingerprint density at radius 2 is 1.95 bits per heavy atom. The Morgan fingerprint density at radius 1 is 1.24 bits per heavy atom. The van der Waals surface area contributed by atoms with E-state index in [9.17, 15) is 0 Å². The fourth-order valence-corrected chi connectivity index (χ4v) is 3.60. The summed E-state index contributed by atoms with van der Waals surface area (Å²) in [6.07, 6.45) is 6.55. The highest BCUT2D eigenvalue weighted by atomic mass is 16.5. The molecule has 118 valence electrons. The molecule has 0 amide bonds. The van der Waals surface area contributed by atoms with Gasteiger partial charge in [-0.05, 0) is 76.1 Å². The number of aryl methyl sites for hydroxylation is 3. The smallest absolute Gasteiger partial charge is 0.0576 e. The predicted octanol–water partition coefficient (Wildman–Crippen LogP) is 4.09. The zero-order valence-corrected chi connectivity index (χ0v) is 14.2. The second-order valence-electron chi connectivity index (χ2n) is 6.55. The van der Waals surface area contributed by atoms with Crippen molar-refractivity contribution in [1.29, 1.82) is 0 Å². The first-order chi connectivity index (χ1) is 10.1. The molecule has 1 saturated heterocycles. The van der Waals surface area contributed by atoms with Gasteiger partial charge in [0.15, 0.2) is 0 Å². The van der Waals surface area contributed by atoms with E-state index in [4.69, 9.17) is 4.74 Å². The average molecular weight is 289 g/mol. The molecule has 1 aliphatic rings. The maximum Gasteiger partial charge on any atom is 0.0576 e. The number of ether oxygens (including phenoxy) is 1. The molecule has 2 unspecified atom stereocenters. The van der Waals surface area contributed by atoms with Crippen LogP contribution < -0.4 is 5.32 Å². The molecule has 0 saturated carbocycles. The Balaban J connectivity index is 1.98. The van der Waals surface area contributed by atoms with Crippen molar-refractivity contribution in [2.24, 2.45) is 0 Å². The normalized spacial score (nSPS) is 19.9. The van der Waals surface area contributed by atoms with Gasteiger partial charge in [-0.1, -0.05) is 24.6 Å². The van der Waals surface area contributed by atoms with Gasteiger partial charge in [0.05, 0.1) is 6.10 Å². The van der Waals surface area contributed by atoms with Crippen LogP contribution in [-0.4, -0.2) is 25.3 Å². The van der Waals surface area contributed by atoms with Crippen molar-refractivity contribution in [3.8, 4) is 0 Å². The summed E-state index contributed by atoms with van der Waals surface area (Å²) < 4.78 is 5.77. The molecule has 2 nitrogen and oxygen atoms in total. The summed E-state index contributed by atoms with van der Waals surface area (Å²) in [5.41, 5.74) is 5.77.